The molecule has 0 aliphatic heterocycles. The van der Waals surface area contributed by atoms with Crippen LogP contribution in [0, 0.1) is 18.3 Å². The number of carbonyl (C=O) groups is 1. The fourth-order valence-electron chi connectivity index (χ4n) is 1.24. The van der Waals surface area contributed by atoms with Crippen molar-refractivity contribution in [2.75, 3.05) is 20.6 Å². The van der Waals surface area contributed by atoms with Gasteiger partial charge in [-0.1, -0.05) is 19.8 Å². The Labute approximate surface area is 86.9 Å². The van der Waals surface area contributed by atoms with E-state index in [0.717, 1.165) is 6.42 Å². The van der Waals surface area contributed by atoms with Gasteiger partial charge in [0.2, 0.25) is 5.91 Å². The number of nitrogens with one attached hydrogen (secondary N) is 1. The van der Waals surface area contributed by atoms with Gasteiger partial charge in [0.1, 0.15) is 0 Å². The zero-order valence-electron chi connectivity index (χ0n) is 9.50. The normalized spacial score (nSPS) is 12.3. The molecule has 3 nitrogen and oxygen atoms in total. The average Bonchev–Trinajstić information content (AvgIpc) is 2.10. The molecule has 0 aromatic rings. The van der Waals surface area contributed by atoms with Gasteiger partial charge >= 0.3 is 0 Å². The number of nitrogens with zero attached hydrogens (tertiary/aromatic N) is 1. The Balaban J connectivity index is 4.24. The first-order valence-electron chi connectivity index (χ1n) is 4.87. The van der Waals surface area contributed by atoms with E-state index < -0.39 is 0 Å². The molecule has 0 heterocycles. The molecule has 0 aliphatic carbocycles. The quantitative estimate of drug-likeness (QED) is 0.657. The predicted molar refractivity (Wildman–Crippen MR) is 58.8 cm³/mol. The Morgan fingerprint density at radius 1 is 1.50 bits per heavy atom. The van der Waals surface area contributed by atoms with E-state index in [0.29, 0.717) is 12.5 Å². The van der Waals surface area contributed by atoms with E-state index in [4.69, 9.17) is 6.42 Å². The van der Waals surface area contributed by atoms with Gasteiger partial charge in [-0.05, 0) is 12.3 Å². The maximum atomic E-state index is 11.7. The van der Waals surface area contributed by atoms with E-state index in [1.54, 1.807) is 19.0 Å². The molecule has 1 amide bonds. The van der Waals surface area contributed by atoms with E-state index in [9.17, 15) is 4.79 Å². The summed E-state index contributed by atoms with van der Waals surface area (Å²) < 4.78 is 0. The lowest BCUT2D eigenvalue weighted by Crippen LogP contribution is -2.44. The van der Waals surface area contributed by atoms with E-state index in [1.807, 2.05) is 0 Å². The molecule has 3 heteroatoms. The third-order valence-corrected chi connectivity index (χ3v) is 1.90. The number of terminal acetylenes is 1. The topological polar surface area (TPSA) is 32.3 Å². The maximum absolute atomic E-state index is 11.7. The lowest BCUT2D eigenvalue weighted by molar-refractivity contribution is -0.131. The van der Waals surface area contributed by atoms with Crippen LogP contribution >= 0.6 is 0 Å². The highest BCUT2D eigenvalue weighted by atomic mass is 16.2. The second-order valence-electron chi connectivity index (χ2n) is 4.00. The smallest absolute Gasteiger partial charge is 0.239 e. The monoisotopic (exact) mass is 196 g/mol. The van der Waals surface area contributed by atoms with Gasteiger partial charge in [-0.2, -0.15) is 0 Å². The molecular formula is C11H20N2O. The SMILES string of the molecule is C#CCNC(CC(C)C)C(=O)N(C)C. The van der Waals surface area contributed by atoms with Gasteiger partial charge in [0.05, 0.1) is 12.6 Å². The second kappa shape index (κ2) is 6.44. The molecule has 80 valence electrons. The molecule has 0 fully saturated rings. The summed E-state index contributed by atoms with van der Waals surface area (Å²) >= 11 is 0. The molecule has 0 spiro atoms. The van der Waals surface area contributed by atoms with Crippen molar-refractivity contribution >= 4 is 5.91 Å². The zero-order valence-corrected chi connectivity index (χ0v) is 9.50. The number of hydrogen-bond donors (Lipinski definition) is 1. The van der Waals surface area contributed by atoms with Gasteiger partial charge in [-0.25, -0.2) is 0 Å². The summed E-state index contributed by atoms with van der Waals surface area (Å²) in [6.45, 7) is 4.62. The predicted octanol–water partition coefficient (Wildman–Crippen LogP) is 0.712. The van der Waals surface area contributed by atoms with Gasteiger partial charge in [0.15, 0.2) is 0 Å². The van der Waals surface area contributed by atoms with Crippen molar-refractivity contribution in [3.8, 4) is 12.3 Å². The Hall–Kier alpha value is -1.01. The van der Waals surface area contributed by atoms with Crippen LogP contribution in [0.15, 0.2) is 0 Å². The molecule has 0 aromatic heterocycles. The number of carbonyl (C=O) groups excluding carboxylic acids is 1. The Kier molecular flexibility index (Phi) is 5.98. The molecule has 0 radical (unpaired) electrons. The van der Waals surface area contributed by atoms with Crippen molar-refractivity contribution < 1.29 is 4.79 Å². The van der Waals surface area contributed by atoms with Crippen LogP contribution in [0.2, 0.25) is 0 Å². The van der Waals surface area contributed by atoms with Crippen molar-refractivity contribution in [2.45, 2.75) is 26.3 Å². The Morgan fingerprint density at radius 2 is 2.07 bits per heavy atom. The standard InChI is InChI=1S/C11H20N2O/c1-6-7-12-10(8-9(2)3)11(14)13(4)5/h1,9-10,12H,7-8H2,2-5H3. The van der Waals surface area contributed by atoms with Crippen LogP contribution in [0.1, 0.15) is 20.3 Å². The summed E-state index contributed by atoms with van der Waals surface area (Å²) in [5, 5.41) is 3.05. The number of likely N-dealkylation sites (N-methyl/N-ethyl adjacent to an activating group) is 1. The van der Waals surface area contributed by atoms with E-state index >= 15 is 0 Å². The second-order valence-corrected chi connectivity index (χ2v) is 4.00. The third kappa shape index (κ3) is 4.88. The zero-order chi connectivity index (χ0) is 11.1. The molecule has 0 bridgehead atoms. The van der Waals surface area contributed by atoms with Gasteiger partial charge < -0.3 is 4.90 Å². The summed E-state index contributed by atoms with van der Waals surface area (Å²) in [5.74, 6) is 3.06. The van der Waals surface area contributed by atoms with Crippen molar-refractivity contribution in [1.82, 2.24) is 10.2 Å². The molecule has 0 aromatic carbocycles. The average molecular weight is 196 g/mol. The summed E-state index contributed by atoms with van der Waals surface area (Å²) in [5.41, 5.74) is 0. The van der Waals surface area contributed by atoms with Crippen LogP contribution in [0.25, 0.3) is 0 Å². The fraction of sp³-hybridized carbons (Fsp3) is 0.727. The molecule has 1 atom stereocenters. The van der Waals surface area contributed by atoms with Gasteiger partial charge in [0.25, 0.3) is 0 Å². The molecule has 0 saturated heterocycles. The minimum absolute atomic E-state index is 0.0916. The van der Waals surface area contributed by atoms with Gasteiger partial charge in [-0.15, -0.1) is 6.42 Å². The third-order valence-electron chi connectivity index (χ3n) is 1.90. The van der Waals surface area contributed by atoms with Crippen LogP contribution in [0.5, 0.6) is 0 Å². The molecular weight excluding hydrogens is 176 g/mol. The van der Waals surface area contributed by atoms with Crippen LogP contribution in [0.4, 0.5) is 0 Å². The number of rotatable bonds is 5. The Bertz CT molecular complexity index is 216. The van der Waals surface area contributed by atoms with Crippen LogP contribution in [-0.4, -0.2) is 37.5 Å². The van der Waals surface area contributed by atoms with Crippen molar-refractivity contribution in [3.05, 3.63) is 0 Å². The molecule has 14 heavy (non-hydrogen) atoms. The van der Waals surface area contributed by atoms with Crippen molar-refractivity contribution in [3.63, 3.8) is 0 Å². The lowest BCUT2D eigenvalue weighted by Gasteiger charge is -2.22. The van der Waals surface area contributed by atoms with E-state index in [1.165, 1.54) is 0 Å². The van der Waals surface area contributed by atoms with Crippen LogP contribution in [0.3, 0.4) is 0 Å². The summed E-state index contributed by atoms with van der Waals surface area (Å²) in [4.78, 5) is 13.3. The molecule has 1 unspecified atom stereocenters. The maximum Gasteiger partial charge on any atom is 0.239 e. The van der Waals surface area contributed by atoms with Gasteiger partial charge in [-0.3, -0.25) is 10.1 Å². The van der Waals surface area contributed by atoms with Crippen molar-refractivity contribution in [1.29, 1.82) is 0 Å². The van der Waals surface area contributed by atoms with Crippen molar-refractivity contribution in [2.24, 2.45) is 5.92 Å². The first-order chi connectivity index (χ1) is 6.49. The van der Waals surface area contributed by atoms with Crippen LogP contribution < -0.4 is 5.32 Å². The minimum atomic E-state index is -0.152. The van der Waals surface area contributed by atoms with E-state index in [-0.39, 0.29) is 11.9 Å². The number of hydrogen-bond acceptors (Lipinski definition) is 2. The Morgan fingerprint density at radius 3 is 2.43 bits per heavy atom. The molecule has 0 aliphatic rings. The molecule has 1 N–H and O–H groups in total. The van der Waals surface area contributed by atoms with Crippen LogP contribution in [-0.2, 0) is 4.79 Å². The number of amides is 1. The first-order valence-corrected chi connectivity index (χ1v) is 4.87. The highest BCUT2D eigenvalue weighted by molar-refractivity contribution is 5.81. The minimum Gasteiger partial charge on any atom is -0.347 e. The fourth-order valence-corrected chi connectivity index (χ4v) is 1.24. The van der Waals surface area contributed by atoms with Gasteiger partial charge in [0, 0.05) is 14.1 Å². The highest BCUT2D eigenvalue weighted by Gasteiger charge is 2.19. The van der Waals surface area contributed by atoms with E-state index in [2.05, 4.69) is 25.1 Å². The highest BCUT2D eigenvalue weighted by Crippen LogP contribution is 2.06. The lowest BCUT2D eigenvalue weighted by atomic mass is 10.0. The summed E-state index contributed by atoms with van der Waals surface area (Å²) in [6, 6.07) is -0.152. The summed E-state index contributed by atoms with van der Waals surface area (Å²) in [6.07, 6.45) is 5.96. The molecule has 0 rings (SSSR count). The largest absolute Gasteiger partial charge is 0.347 e. The molecule has 0 saturated carbocycles. The first kappa shape index (κ1) is 13.0. The summed E-state index contributed by atoms with van der Waals surface area (Å²) in [7, 11) is 3.51.